The molecule has 1 aliphatic heterocycles. The molecule has 1 saturated heterocycles. The highest BCUT2D eigenvalue weighted by molar-refractivity contribution is 5.71. The van der Waals surface area contributed by atoms with Gasteiger partial charge in [-0.15, -0.1) is 0 Å². The van der Waals surface area contributed by atoms with Crippen LogP contribution in [-0.4, -0.2) is 32.7 Å². The first-order valence-electron chi connectivity index (χ1n) is 6.41. The topological polar surface area (TPSA) is 41.6 Å². The highest BCUT2D eigenvalue weighted by Gasteiger charge is 2.11. The molecule has 0 unspecified atom stereocenters. The molecule has 0 aliphatic carbocycles. The third-order valence-corrected chi connectivity index (χ3v) is 3.23. The summed E-state index contributed by atoms with van der Waals surface area (Å²) >= 11 is 0. The SMILES string of the molecule is COC(=O)CNCc1ccc(N2CCCC2)cc1. The number of hydrogen-bond acceptors (Lipinski definition) is 4. The third kappa shape index (κ3) is 3.47. The normalized spacial score (nSPS) is 14.8. The van der Waals surface area contributed by atoms with Crippen LogP contribution in [0.25, 0.3) is 0 Å². The van der Waals surface area contributed by atoms with E-state index < -0.39 is 0 Å². The number of ether oxygens (including phenoxy) is 1. The summed E-state index contributed by atoms with van der Waals surface area (Å²) in [6.45, 7) is 3.28. The second kappa shape index (κ2) is 6.40. The number of nitrogens with one attached hydrogen (secondary N) is 1. The highest BCUT2D eigenvalue weighted by Crippen LogP contribution is 2.20. The van der Waals surface area contributed by atoms with Crippen LogP contribution in [0.15, 0.2) is 24.3 Å². The van der Waals surface area contributed by atoms with Crippen LogP contribution in [0.2, 0.25) is 0 Å². The zero-order valence-corrected chi connectivity index (χ0v) is 10.8. The van der Waals surface area contributed by atoms with Gasteiger partial charge in [0.25, 0.3) is 0 Å². The first-order valence-corrected chi connectivity index (χ1v) is 6.41. The van der Waals surface area contributed by atoms with Crippen molar-refractivity contribution < 1.29 is 9.53 Å². The van der Waals surface area contributed by atoms with Crippen molar-refractivity contribution >= 4 is 11.7 Å². The summed E-state index contributed by atoms with van der Waals surface area (Å²) in [4.78, 5) is 13.3. The van der Waals surface area contributed by atoms with Crippen molar-refractivity contribution in [1.82, 2.24) is 5.32 Å². The van der Waals surface area contributed by atoms with Crippen LogP contribution in [0, 0.1) is 0 Å². The van der Waals surface area contributed by atoms with E-state index in [4.69, 9.17) is 0 Å². The molecule has 98 valence electrons. The van der Waals surface area contributed by atoms with Crippen LogP contribution >= 0.6 is 0 Å². The van der Waals surface area contributed by atoms with Gasteiger partial charge in [0.2, 0.25) is 0 Å². The largest absolute Gasteiger partial charge is 0.468 e. The van der Waals surface area contributed by atoms with Gasteiger partial charge in [-0.05, 0) is 30.5 Å². The Morgan fingerprint density at radius 3 is 2.56 bits per heavy atom. The van der Waals surface area contributed by atoms with Gasteiger partial charge in [0.05, 0.1) is 13.7 Å². The smallest absolute Gasteiger partial charge is 0.319 e. The number of carbonyl (C=O) groups excluding carboxylic acids is 1. The van der Waals surface area contributed by atoms with Crippen LogP contribution < -0.4 is 10.2 Å². The molecule has 0 saturated carbocycles. The third-order valence-electron chi connectivity index (χ3n) is 3.23. The maximum atomic E-state index is 10.9. The Labute approximate surface area is 108 Å². The van der Waals surface area contributed by atoms with Crippen molar-refractivity contribution in [2.24, 2.45) is 0 Å². The predicted octanol–water partition coefficient (Wildman–Crippen LogP) is 1.55. The number of hydrogen-bond donors (Lipinski definition) is 1. The number of anilines is 1. The summed E-state index contributed by atoms with van der Waals surface area (Å²) < 4.78 is 4.57. The average Bonchev–Trinajstić information content (AvgIpc) is 2.93. The molecular formula is C14H20N2O2. The van der Waals surface area contributed by atoms with Crippen molar-refractivity contribution in [2.75, 3.05) is 31.6 Å². The number of rotatable bonds is 5. The minimum Gasteiger partial charge on any atom is -0.468 e. The van der Waals surface area contributed by atoms with Crippen molar-refractivity contribution in [3.05, 3.63) is 29.8 Å². The molecule has 0 amide bonds. The monoisotopic (exact) mass is 248 g/mol. The standard InChI is InChI=1S/C14H20N2O2/c1-18-14(17)11-15-10-12-4-6-13(7-5-12)16-8-2-3-9-16/h4-7,15H,2-3,8-11H2,1H3. The molecule has 1 heterocycles. The lowest BCUT2D eigenvalue weighted by molar-refractivity contribution is -0.139. The van der Waals surface area contributed by atoms with Crippen molar-refractivity contribution in [3.8, 4) is 0 Å². The molecule has 0 aromatic heterocycles. The summed E-state index contributed by atoms with van der Waals surface area (Å²) in [7, 11) is 1.40. The minimum absolute atomic E-state index is 0.233. The molecule has 1 aliphatic rings. The Kier molecular flexibility index (Phi) is 4.59. The minimum atomic E-state index is -0.233. The van der Waals surface area contributed by atoms with Gasteiger partial charge < -0.3 is 15.0 Å². The van der Waals surface area contributed by atoms with Crippen molar-refractivity contribution in [1.29, 1.82) is 0 Å². The van der Waals surface area contributed by atoms with E-state index in [2.05, 4.69) is 39.2 Å². The van der Waals surface area contributed by atoms with Crippen LogP contribution in [-0.2, 0) is 16.1 Å². The molecule has 1 fully saturated rings. The van der Waals surface area contributed by atoms with E-state index in [1.54, 1.807) is 0 Å². The van der Waals surface area contributed by atoms with Gasteiger partial charge in [-0.1, -0.05) is 12.1 Å². The first kappa shape index (κ1) is 12.9. The molecule has 18 heavy (non-hydrogen) atoms. The van der Waals surface area contributed by atoms with Crippen molar-refractivity contribution in [3.63, 3.8) is 0 Å². The molecule has 0 atom stereocenters. The van der Waals surface area contributed by atoms with E-state index in [0.29, 0.717) is 6.54 Å². The van der Waals surface area contributed by atoms with E-state index in [9.17, 15) is 4.79 Å². The van der Waals surface area contributed by atoms with Crippen LogP contribution in [0.3, 0.4) is 0 Å². The molecule has 1 aromatic rings. The number of benzene rings is 1. The molecule has 4 heteroatoms. The van der Waals surface area contributed by atoms with Crippen LogP contribution in [0.1, 0.15) is 18.4 Å². The molecule has 0 radical (unpaired) electrons. The summed E-state index contributed by atoms with van der Waals surface area (Å²) in [6.07, 6.45) is 2.59. The Morgan fingerprint density at radius 2 is 1.94 bits per heavy atom. The molecule has 4 nitrogen and oxygen atoms in total. The number of carbonyl (C=O) groups is 1. The van der Waals surface area contributed by atoms with Gasteiger partial charge in [0, 0.05) is 25.3 Å². The quantitative estimate of drug-likeness (QED) is 0.803. The zero-order valence-electron chi connectivity index (χ0n) is 10.8. The maximum absolute atomic E-state index is 10.9. The zero-order chi connectivity index (χ0) is 12.8. The maximum Gasteiger partial charge on any atom is 0.319 e. The summed E-state index contributed by atoms with van der Waals surface area (Å²) in [5.74, 6) is -0.233. The Balaban J connectivity index is 1.81. The van der Waals surface area contributed by atoms with E-state index in [1.165, 1.54) is 44.3 Å². The predicted molar refractivity (Wildman–Crippen MR) is 71.6 cm³/mol. The van der Waals surface area contributed by atoms with Crippen LogP contribution in [0.4, 0.5) is 5.69 Å². The lowest BCUT2D eigenvalue weighted by Crippen LogP contribution is -2.23. The second-order valence-electron chi connectivity index (χ2n) is 4.54. The van der Waals surface area contributed by atoms with Crippen molar-refractivity contribution in [2.45, 2.75) is 19.4 Å². The van der Waals surface area contributed by atoms with Gasteiger partial charge in [-0.2, -0.15) is 0 Å². The lowest BCUT2D eigenvalue weighted by atomic mass is 10.2. The van der Waals surface area contributed by atoms with E-state index >= 15 is 0 Å². The molecule has 0 bridgehead atoms. The first-order chi connectivity index (χ1) is 8.79. The fraction of sp³-hybridized carbons (Fsp3) is 0.500. The summed E-state index contributed by atoms with van der Waals surface area (Å²) in [5, 5.41) is 3.05. The highest BCUT2D eigenvalue weighted by atomic mass is 16.5. The molecule has 1 N–H and O–H groups in total. The average molecular weight is 248 g/mol. The van der Waals surface area contributed by atoms with Gasteiger partial charge in [0.1, 0.15) is 0 Å². The summed E-state index contributed by atoms with van der Waals surface area (Å²) in [6, 6.07) is 8.52. The summed E-state index contributed by atoms with van der Waals surface area (Å²) in [5.41, 5.74) is 2.48. The lowest BCUT2D eigenvalue weighted by Gasteiger charge is -2.17. The van der Waals surface area contributed by atoms with E-state index in [-0.39, 0.29) is 12.5 Å². The Bertz CT molecular complexity index is 383. The van der Waals surface area contributed by atoms with Crippen LogP contribution in [0.5, 0.6) is 0 Å². The Morgan fingerprint density at radius 1 is 1.28 bits per heavy atom. The van der Waals surface area contributed by atoms with Gasteiger partial charge in [-0.25, -0.2) is 0 Å². The molecular weight excluding hydrogens is 228 g/mol. The van der Waals surface area contributed by atoms with Gasteiger partial charge in [0.15, 0.2) is 0 Å². The molecule has 0 spiro atoms. The van der Waals surface area contributed by atoms with Gasteiger partial charge >= 0.3 is 5.97 Å². The van der Waals surface area contributed by atoms with E-state index in [1.807, 2.05) is 0 Å². The second-order valence-corrected chi connectivity index (χ2v) is 4.54. The van der Waals surface area contributed by atoms with Gasteiger partial charge in [-0.3, -0.25) is 4.79 Å². The fourth-order valence-electron chi connectivity index (χ4n) is 2.18. The Hall–Kier alpha value is -1.55. The molecule has 2 rings (SSSR count). The number of nitrogens with zero attached hydrogens (tertiary/aromatic N) is 1. The van der Waals surface area contributed by atoms with E-state index in [0.717, 1.165) is 0 Å². The fourth-order valence-corrected chi connectivity index (χ4v) is 2.18. The number of methoxy groups -OCH3 is 1. The number of esters is 1. The molecule has 1 aromatic carbocycles.